The second-order valence-electron chi connectivity index (χ2n) is 3.59. The number of carboxylic acid groups (broad SMARTS) is 1. The summed E-state index contributed by atoms with van der Waals surface area (Å²) in [4.78, 5) is 29.0. The molecule has 0 unspecified atom stereocenters. The summed E-state index contributed by atoms with van der Waals surface area (Å²) in [5, 5.41) is 8.94. The molecule has 0 aliphatic carbocycles. The van der Waals surface area contributed by atoms with Gasteiger partial charge in [0.1, 0.15) is 5.82 Å². The predicted octanol–water partition coefficient (Wildman–Crippen LogP) is 1.15. The van der Waals surface area contributed by atoms with Crippen LogP contribution in [0.2, 0.25) is 0 Å². The molecule has 1 heterocycles. The number of nitrogens with zero attached hydrogens (tertiary/aromatic N) is 1. The lowest BCUT2D eigenvalue weighted by Crippen LogP contribution is -2.23. The van der Waals surface area contributed by atoms with Crippen LogP contribution in [0.4, 0.5) is 0 Å². The minimum absolute atomic E-state index is 0.134. The number of H-pyrrole nitrogens is 1. The summed E-state index contributed by atoms with van der Waals surface area (Å²) in [6.07, 6.45) is 0.508. The molecule has 0 saturated heterocycles. The van der Waals surface area contributed by atoms with E-state index in [1.54, 1.807) is 20.8 Å². The fourth-order valence-electron chi connectivity index (χ4n) is 1.40. The summed E-state index contributed by atoms with van der Waals surface area (Å²) in [6.45, 7) is 5.34. The second kappa shape index (κ2) is 4.25. The SMILES string of the molecule is CCc1nc(C(=O)O)c(C(C)C)c(=O)[nH]1. The van der Waals surface area contributed by atoms with Crippen molar-refractivity contribution in [2.75, 3.05) is 0 Å². The molecule has 0 aliphatic heterocycles. The number of nitrogens with one attached hydrogen (secondary N) is 1. The third-order valence-electron chi connectivity index (χ3n) is 2.12. The molecule has 0 aliphatic rings. The summed E-state index contributed by atoms with van der Waals surface area (Å²) >= 11 is 0. The first kappa shape index (κ1) is 11.4. The van der Waals surface area contributed by atoms with Gasteiger partial charge in [0.05, 0.1) is 5.56 Å². The quantitative estimate of drug-likeness (QED) is 0.784. The molecule has 0 aromatic carbocycles. The van der Waals surface area contributed by atoms with Crippen LogP contribution in [-0.4, -0.2) is 21.0 Å². The van der Waals surface area contributed by atoms with E-state index in [-0.39, 0.29) is 22.7 Å². The van der Waals surface area contributed by atoms with Gasteiger partial charge in [0.15, 0.2) is 5.69 Å². The van der Waals surface area contributed by atoms with Crippen molar-refractivity contribution in [3.05, 3.63) is 27.4 Å². The van der Waals surface area contributed by atoms with E-state index in [0.29, 0.717) is 12.2 Å². The Morgan fingerprint density at radius 1 is 1.53 bits per heavy atom. The molecule has 82 valence electrons. The molecular formula is C10H14N2O3. The van der Waals surface area contributed by atoms with Crippen LogP contribution in [0, 0.1) is 0 Å². The molecule has 5 heteroatoms. The Labute approximate surface area is 87.2 Å². The highest BCUT2D eigenvalue weighted by Gasteiger charge is 2.19. The van der Waals surface area contributed by atoms with Crippen LogP contribution in [0.3, 0.4) is 0 Å². The van der Waals surface area contributed by atoms with Gasteiger partial charge in [-0.2, -0.15) is 0 Å². The number of aromatic carboxylic acids is 1. The molecular weight excluding hydrogens is 196 g/mol. The van der Waals surface area contributed by atoms with Crippen LogP contribution >= 0.6 is 0 Å². The number of aryl methyl sites for hydroxylation is 1. The zero-order valence-corrected chi connectivity index (χ0v) is 9.00. The van der Waals surface area contributed by atoms with Gasteiger partial charge >= 0.3 is 5.97 Å². The number of carbonyl (C=O) groups is 1. The van der Waals surface area contributed by atoms with Crippen LogP contribution in [0.25, 0.3) is 0 Å². The van der Waals surface area contributed by atoms with Gasteiger partial charge in [0, 0.05) is 6.42 Å². The van der Waals surface area contributed by atoms with Gasteiger partial charge in [0.2, 0.25) is 0 Å². The maximum absolute atomic E-state index is 11.6. The van der Waals surface area contributed by atoms with Crippen molar-refractivity contribution in [3.8, 4) is 0 Å². The molecule has 1 aromatic heterocycles. The molecule has 0 bridgehead atoms. The zero-order chi connectivity index (χ0) is 11.6. The summed E-state index contributed by atoms with van der Waals surface area (Å²) < 4.78 is 0. The van der Waals surface area contributed by atoms with Gasteiger partial charge in [0.25, 0.3) is 5.56 Å². The molecule has 0 saturated carbocycles. The number of aromatic amines is 1. The average Bonchev–Trinajstić information content (AvgIpc) is 2.15. The van der Waals surface area contributed by atoms with Crippen molar-refractivity contribution >= 4 is 5.97 Å². The highest BCUT2D eigenvalue weighted by molar-refractivity contribution is 5.87. The lowest BCUT2D eigenvalue weighted by atomic mass is 10.0. The second-order valence-corrected chi connectivity index (χ2v) is 3.59. The Balaban J connectivity index is 3.50. The first-order valence-corrected chi connectivity index (χ1v) is 4.83. The summed E-state index contributed by atoms with van der Waals surface area (Å²) in [5.41, 5.74) is -0.250. The van der Waals surface area contributed by atoms with Gasteiger partial charge in [-0.3, -0.25) is 4.79 Å². The van der Waals surface area contributed by atoms with Crippen LogP contribution < -0.4 is 5.56 Å². The van der Waals surface area contributed by atoms with Gasteiger partial charge in [-0.05, 0) is 5.92 Å². The molecule has 2 N–H and O–H groups in total. The lowest BCUT2D eigenvalue weighted by Gasteiger charge is -2.08. The van der Waals surface area contributed by atoms with E-state index in [2.05, 4.69) is 9.97 Å². The molecule has 0 fully saturated rings. The number of hydrogen-bond donors (Lipinski definition) is 2. The van der Waals surface area contributed by atoms with Gasteiger partial charge in [-0.1, -0.05) is 20.8 Å². The van der Waals surface area contributed by atoms with Crippen molar-refractivity contribution in [2.24, 2.45) is 0 Å². The van der Waals surface area contributed by atoms with E-state index in [1.807, 2.05) is 0 Å². The smallest absolute Gasteiger partial charge is 0.355 e. The van der Waals surface area contributed by atoms with Crippen LogP contribution in [0.15, 0.2) is 4.79 Å². The number of carboxylic acids is 1. The van der Waals surface area contributed by atoms with Gasteiger partial charge in [-0.15, -0.1) is 0 Å². The molecule has 0 spiro atoms. The van der Waals surface area contributed by atoms with E-state index >= 15 is 0 Å². The third kappa shape index (κ3) is 2.23. The van der Waals surface area contributed by atoms with E-state index < -0.39 is 5.97 Å². The summed E-state index contributed by atoms with van der Waals surface area (Å²) in [7, 11) is 0. The van der Waals surface area contributed by atoms with Crippen LogP contribution in [0.5, 0.6) is 0 Å². The Morgan fingerprint density at radius 3 is 2.53 bits per heavy atom. The van der Waals surface area contributed by atoms with E-state index in [4.69, 9.17) is 5.11 Å². The molecule has 1 rings (SSSR count). The van der Waals surface area contributed by atoms with Crippen molar-refractivity contribution in [2.45, 2.75) is 33.1 Å². The average molecular weight is 210 g/mol. The normalized spacial score (nSPS) is 10.7. The minimum Gasteiger partial charge on any atom is -0.476 e. The summed E-state index contributed by atoms with van der Waals surface area (Å²) in [5.74, 6) is -0.903. The first-order chi connectivity index (χ1) is 6.97. The number of rotatable bonds is 3. The number of aromatic nitrogens is 2. The monoisotopic (exact) mass is 210 g/mol. The number of hydrogen-bond acceptors (Lipinski definition) is 3. The fraction of sp³-hybridized carbons (Fsp3) is 0.500. The fourth-order valence-corrected chi connectivity index (χ4v) is 1.40. The molecule has 15 heavy (non-hydrogen) atoms. The predicted molar refractivity (Wildman–Crippen MR) is 55.3 cm³/mol. The summed E-state index contributed by atoms with van der Waals surface area (Å²) in [6, 6.07) is 0. The Hall–Kier alpha value is -1.65. The van der Waals surface area contributed by atoms with Crippen molar-refractivity contribution < 1.29 is 9.90 Å². The highest BCUT2D eigenvalue weighted by atomic mass is 16.4. The van der Waals surface area contributed by atoms with Gasteiger partial charge < -0.3 is 10.1 Å². The van der Waals surface area contributed by atoms with Crippen LogP contribution in [-0.2, 0) is 6.42 Å². The topological polar surface area (TPSA) is 83.0 Å². The maximum atomic E-state index is 11.6. The van der Waals surface area contributed by atoms with E-state index in [1.165, 1.54) is 0 Å². The lowest BCUT2D eigenvalue weighted by molar-refractivity contribution is 0.0687. The van der Waals surface area contributed by atoms with Crippen molar-refractivity contribution in [3.63, 3.8) is 0 Å². The Kier molecular flexibility index (Phi) is 3.24. The molecule has 0 amide bonds. The molecule has 5 nitrogen and oxygen atoms in total. The largest absolute Gasteiger partial charge is 0.476 e. The molecule has 0 radical (unpaired) electrons. The molecule has 1 aromatic rings. The van der Waals surface area contributed by atoms with Crippen LogP contribution in [0.1, 0.15) is 48.6 Å². The third-order valence-corrected chi connectivity index (χ3v) is 2.12. The van der Waals surface area contributed by atoms with Crippen molar-refractivity contribution in [1.29, 1.82) is 0 Å². The minimum atomic E-state index is -1.15. The maximum Gasteiger partial charge on any atom is 0.355 e. The van der Waals surface area contributed by atoms with E-state index in [0.717, 1.165) is 0 Å². The Bertz CT molecular complexity index is 435. The molecule has 0 atom stereocenters. The zero-order valence-electron chi connectivity index (χ0n) is 9.00. The van der Waals surface area contributed by atoms with E-state index in [9.17, 15) is 9.59 Å². The first-order valence-electron chi connectivity index (χ1n) is 4.83. The Morgan fingerprint density at radius 2 is 2.13 bits per heavy atom. The standard InChI is InChI=1S/C10H14N2O3/c1-4-6-11-8(10(14)15)7(5(2)3)9(13)12-6/h5H,4H2,1-3H3,(H,14,15)(H,11,12,13). The van der Waals surface area contributed by atoms with Gasteiger partial charge in [-0.25, -0.2) is 9.78 Å². The van der Waals surface area contributed by atoms with Crippen molar-refractivity contribution in [1.82, 2.24) is 9.97 Å². The highest BCUT2D eigenvalue weighted by Crippen LogP contribution is 2.13.